The van der Waals surface area contributed by atoms with E-state index in [9.17, 15) is 5.11 Å². The molecule has 0 amide bonds. The summed E-state index contributed by atoms with van der Waals surface area (Å²) < 4.78 is 0. The second kappa shape index (κ2) is 2.33. The number of hydrogen-bond donors (Lipinski definition) is 0. The first-order valence-electron chi connectivity index (χ1n) is 4.52. The van der Waals surface area contributed by atoms with Crippen molar-refractivity contribution in [1.82, 2.24) is 0 Å². The van der Waals surface area contributed by atoms with Gasteiger partial charge in [0.1, 0.15) is 6.10 Å². The van der Waals surface area contributed by atoms with Crippen LogP contribution in [0, 0.1) is 0 Å². The molecule has 0 fully saturated rings. The van der Waals surface area contributed by atoms with Gasteiger partial charge in [0.05, 0.1) is 0 Å². The lowest BCUT2D eigenvalue weighted by atomic mass is 10.1. The summed E-state index contributed by atoms with van der Waals surface area (Å²) in [5.74, 6) is 0. The zero-order valence-corrected chi connectivity index (χ0v) is 7.16. The molecule has 1 aliphatic carbocycles. The van der Waals surface area contributed by atoms with Gasteiger partial charge in [0.2, 0.25) is 0 Å². The molecule has 0 aliphatic heterocycles. The van der Waals surface area contributed by atoms with E-state index in [0.29, 0.717) is 6.42 Å². The molecule has 1 unspecified atom stereocenters. The van der Waals surface area contributed by atoms with Crippen LogP contribution in [-0.4, -0.2) is 0 Å². The minimum atomic E-state index is -0.541. The standard InChI is InChI=1S/C12H9O/c13-11-7-9-5-1-3-8-4-2-6-10(11)12(8)9/h1-6,11H,7H2. The minimum absolute atomic E-state index is 0.541. The highest BCUT2D eigenvalue weighted by molar-refractivity contribution is 5.91. The lowest BCUT2D eigenvalue weighted by Crippen LogP contribution is -1.89. The van der Waals surface area contributed by atoms with Crippen LogP contribution >= 0.6 is 0 Å². The van der Waals surface area contributed by atoms with E-state index in [1.165, 1.54) is 16.3 Å². The molecule has 1 aliphatic rings. The second-order valence-corrected chi connectivity index (χ2v) is 3.56. The maximum absolute atomic E-state index is 11.6. The van der Waals surface area contributed by atoms with Gasteiger partial charge in [-0.3, -0.25) is 0 Å². The van der Waals surface area contributed by atoms with Crippen molar-refractivity contribution in [3.8, 4) is 0 Å². The summed E-state index contributed by atoms with van der Waals surface area (Å²) in [7, 11) is 0. The Bertz CT molecular complexity index is 468. The van der Waals surface area contributed by atoms with Gasteiger partial charge in [0.15, 0.2) is 0 Å². The average molecular weight is 169 g/mol. The first-order valence-corrected chi connectivity index (χ1v) is 4.52. The first-order chi connectivity index (χ1) is 6.36. The molecular weight excluding hydrogens is 160 g/mol. The van der Waals surface area contributed by atoms with Crippen molar-refractivity contribution in [2.75, 3.05) is 0 Å². The van der Waals surface area contributed by atoms with Gasteiger partial charge >= 0.3 is 0 Å². The van der Waals surface area contributed by atoms with Crippen LogP contribution in [0.2, 0.25) is 0 Å². The number of benzene rings is 2. The summed E-state index contributed by atoms with van der Waals surface area (Å²) in [4.78, 5) is 0. The normalized spacial score (nSPS) is 19.6. The summed E-state index contributed by atoms with van der Waals surface area (Å²) >= 11 is 0. The highest BCUT2D eigenvalue weighted by atomic mass is 16.3. The molecule has 0 bridgehead atoms. The Morgan fingerprint density at radius 2 is 1.85 bits per heavy atom. The van der Waals surface area contributed by atoms with Crippen molar-refractivity contribution in [3.63, 3.8) is 0 Å². The third-order valence-corrected chi connectivity index (χ3v) is 2.78. The quantitative estimate of drug-likeness (QED) is 0.578. The van der Waals surface area contributed by atoms with E-state index in [2.05, 4.69) is 18.2 Å². The van der Waals surface area contributed by atoms with E-state index in [-0.39, 0.29) is 0 Å². The summed E-state index contributed by atoms with van der Waals surface area (Å²) in [6.45, 7) is 0. The van der Waals surface area contributed by atoms with Crippen LogP contribution in [0.3, 0.4) is 0 Å². The highest BCUT2D eigenvalue weighted by Gasteiger charge is 2.22. The van der Waals surface area contributed by atoms with Crippen LogP contribution in [0.4, 0.5) is 0 Å². The van der Waals surface area contributed by atoms with Gasteiger partial charge in [0.25, 0.3) is 0 Å². The molecule has 63 valence electrons. The second-order valence-electron chi connectivity index (χ2n) is 3.56. The van der Waals surface area contributed by atoms with E-state index in [4.69, 9.17) is 0 Å². The number of hydrogen-bond acceptors (Lipinski definition) is 0. The third kappa shape index (κ3) is 0.850. The van der Waals surface area contributed by atoms with Crippen molar-refractivity contribution in [2.24, 2.45) is 0 Å². The molecular formula is C12H9O. The fourth-order valence-corrected chi connectivity index (χ4v) is 2.20. The van der Waals surface area contributed by atoms with Crippen molar-refractivity contribution >= 4 is 10.8 Å². The topological polar surface area (TPSA) is 19.9 Å². The molecule has 1 nitrogen and oxygen atoms in total. The molecule has 0 aromatic heterocycles. The summed E-state index contributed by atoms with van der Waals surface area (Å²) in [6.07, 6.45) is 0.123. The Morgan fingerprint density at radius 3 is 2.69 bits per heavy atom. The van der Waals surface area contributed by atoms with Gasteiger partial charge in [-0.2, -0.15) is 0 Å². The van der Waals surface area contributed by atoms with Crippen molar-refractivity contribution in [2.45, 2.75) is 12.5 Å². The zero-order valence-electron chi connectivity index (χ0n) is 7.16. The fourth-order valence-electron chi connectivity index (χ4n) is 2.20. The van der Waals surface area contributed by atoms with Crippen LogP contribution in [0.15, 0.2) is 36.4 Å². The molecule has 13 heavy (non-hydrogen) atoms. The third-order valence-electron chi connectivity index (χ3n) is 2.78. The van der Waals surface area contributed by atoms with Gasteiger partial charge in [0, 0.05) is 6.42 Å². The van der Waals surface area contributed by atoms with Gasteiger partial charge in [-0.25, -0.2) is 5.11 Å². The molecule has 0 spiro atoms. The lowest BCUT2D eigenvalue weighted by Gasteiger charge is -2.00. The number of rotatable bonds is 0. The van der Waals surface area contributed by atoms with Crippen LogP contribution in [-0.2, 0) is 11.5 Å². The highest BCUT2D eigenvalue weighted by Crippen LogP contribution is 2.36. The van der Waals surface area contributed by atoms with Crippen molar-refractivity contribution in [1.29, 1.82) is 0 Å². The maximum Gasteiger partial charge on any atom is 0.123 e. The molecule has 0 N–H and O–H groups in total. The van der Waals surface area contributed by atoms with Crippen molar-refractivity contribution in [3.05, 3.63) is 47.5 Å². The molecule has 0 saturated heterocycles. The average Bonchev–Trinajstić information content (AvgIpc) is 2.47. The molecule has 0 heterocycles. The van der Waals surface area contributed by atoms with Crippen molar-refractivity contribution < 1.29 is 5.11 Å². The molecule has 1 atom stereocenters. The Kier molecular flexibility index (Phi) is 1.27. The summed E-state index contributed by atoms with van der Waals surface area (Å²) in [5.41, 5.74) is 2.20. The molecule has 1 heteroatoms. The monoisotopic (exact) mass is 169 g/mol. The smallest absolute Gasteiger partial charge is 0.123 e. The van der Waals surface area contributed by atoms with Gasteiger partial charge in [-0.1, -0.05) is 36.4 Å². The van der Waals surface area contributed by atoms with Gasteiger partial charge in [-0.15, -0.1) is 0 Å². The summed E-state index contributed by atoms with van der Waals surface area (Å²) in [6, 6.07) is 12.2. The van der Waals surface area contributed by atoms with Gasteiger partial charge in [-0.05, 0) is 21.9 Å². The van der Waals surface area contributed by atoms with E-state index >= 15 is 0 Å². The van der Waals surface area contributed by atoms with Crippen LogP contribution in [0.5, 0.6) is 0 Å². The predicted octanol–water partition coefficient (Wildman–Crippen LogP) is 2.87. The molecule has 2 aromatic carbocycles. The zero-order chi connectivity index (χ0) is 8.84. The van der Waals surface area contributed by atoms with E-state index < -0.39 is 6.10 Å². The minimum Gasteiger partial charge on any atom is -0.228 e. The predicted molar refractivity (Wildman–Crippen MR) is 51.1 cm³/mol. The molecule has 1 radical (unpaired) electrons. The Labute approximate surface area is 76.6 Å². The van der Waals surface area contributed by atoms with Crippen LogP contribution in [0.1, 0.15) is 17.2 Å². The van der Waals surface area contributed by atoms with E-state index in [1.807, 2.05) is 18.2 Å². The van der Waals surface area contributed by atoms with E-state index in [1.54, 1.807) is 0 Å². The van der Waals surface area contributed by atoms with E-state index in [0.717, 1.165) is 5.56 Å². The molecule has 3 rings (SSSR count). The SMILES string of the molecule is [O]C1Cc2cccc3cccc1c23. The van der Waals surface area contributed by atoms with Gasteiger partial charge < -0.3 is 0 Å². The molecule has 2 aromatic rings. The Balaban J connectivity index is 2.51. The lowest BCUT2D eigenvalue weighted by molar-refractivity contribution is 0.0951. The molecule has 0 saturated carbocycles. The summed E-state index contributed by atoms with van der Waals surface area (Å²) in [5, 5.41) is 14.0. The van der Waals surface area contributed by atoms with Crippen LogP contribution in [0.25, 0.3) is 10.8 Å². The first kappa shape index (κ1) is 7.10. The largest absolute Gasteiger partial charge is 0.228 e. The Morgan fingerprint density at radius 1 is 1.08 bits per heavy atom. The Hall–Kier alpha value is -1.34. The van der Waals surface area contributed by atoms with Crippen LogP contribution < -0.4 is 0 Å². The maximum atomic E-state index is 11.6. The fraction of sp³-hybridized carbons (Fsp3) is 0.167.